The minimum absolute atomic E-state index is 0.0631. The molecule has 1 fully saturated rings. The molecule has 1 aliphatic heterocycles. The number of aromatic nitrogens is 3. The third-order valence-electron chi connectivity index (χ3n) is 4.44. The van der Waals surface area contributed by atoms with Gasteiger partial charge in [0.05, 0.1) is 12.4 Å². The average Bonchev–Trinajstić information content (AvgIpc) is 2.68. The number of nitrogens with one attached hydrogen (secondary N) is 1. The number of anilines is 2. The third kappa shape index (κ3) is 4.68. The summed E-state index contributed by atoms with van der Waals surface area (Å²) in [5.41, 5.74) is 0.394. The number of hydrogen-bond donors (Lipinski definition) is 1. The summed E-state index contributed by atoms with van der Waals surface area (Å²) in [7, 11) is 0. The lowest BCUT2D eigenvalue weighted by Crippen LogP contribution is -2.49. The fraction of sp³-hybridized carbons (Fsp3) is 0.474. The molecule has 0 aliphatic carbocycles. The van der Waals surface area contributed by atoms with E-state index in [1.165, 1.54) is 0 Å². The molecule has 138 valence electrons. The van der Waals surface area contributed by atoms with Crippen LogP contribution in [0.5, 0.6) is 0 Å². The van der Waals surface area contributed by atoms with Crippen molar-refractivity contribution in [2.45, 2.75) is 20.3 Å². The highest BCUT2D eigenvalue weighted by Gasteiger charge is 2.23. The maximum Gasteiger partial charge on any atom is 0.274 e. The van der Waals surface area contributed by atoms with Crippen LogP contribution in [0.25, 0.3) is 0 Å². The normalized spacial score (nSPS) is 14.6. The molecule has 1 aliphatic rings. The molecule has 7 nitrogen and oxygen atoms in total. The van der Waals surface area contributed by atoms with Crippen molar-refractivity contribution in [3.8, 4) is 0 Å². The number of rotatable bonds is 6. The molecular weight excluding hydrogens is 328 g/mol. The van der Waals surface area contributed by atoms with E-state index in [2.05, 4.69) is 39.0 Å². The molecule has 2 aromatic rings. The maximum absolute atomic E-state index is 12.6. The Morgan fingerprint density at radius 2 is 1.92 bits per heavy atom. The number of nitrogens with zero attached hydrogens (tertiary/aromatic N) is 5. The van der Waals surface area contributed by atoms with Crippen LogP contribution in [0.2, 0.25) is 0 Å². The first-order chi connectivity index (χ1) is 12.6. The lowest BCUT2D eigenvalue weighted by atomic mass is 10.1. The Balaban J connectivity index is 1.52. The summed E-state index contributed by atoms with van der Waals surface area (Å²) in [6.07, 6.45) is 6.06. The molecular formula is C19H26N6O. The second-order valence-corrected chi connectivity index (χ2v) is 6.86. The van der Waals surface area contributed by atoms with Gasteiger partial charge in [-0.3, -0.25) is 4.79 Å². The lowest BCUT2D eigenvalue weighted by Gasteiger charge is -2.35. The minimum Gasteiger partial charge on any atom is -0.369 e. The van der Waals surface area contributed by atoms with E-state index in [-0.39, 0.29) is 5.91 Å². The SMILES string of the molecule is CC(C)CCNc1cnc(C(=O)N2CCN(c3ccccn3)CC2)cn1. The standard InChI is InChI=1S/C19H26N6O/c1-15(2)6-8-20-17-14-22-16(13-23-17)19(26)25-11-9-24(10-12-25)18-5-3-4-7-21-18/h3-5,7,13-15H,6,8-12H2,1-2H3,(H,20,23). The molecule has 1 amide bonds. The van der Waals surface area contributed by atoms with E-state index in [9.17, 15) is 4.79 Å². The largest absolute Gasteiger partial charge is 0.369 e. The Bertz CT molecular complexity index is 696. The van der Waals surface area contributed by atoms with Gasteiger partial charge in [-0.05, 0) is 24.5 Å². The number of piperazine rings is 1. The van der Waals surface area contributed by atoms with Crippen molar-refractivity contribution in [3.05, 3.63) is 42.5 Å². The summed E-state index contributed by atoms with van der Waals surface area (Å²) < 4.78 is 0. The van der Waals surface area contributed by atoms with Gasteiger partial charge in [-0.15, -0.1) is 0 Å². The van der Waals surface area contributed by atoms with E-state index in [0.29, 0.717) is 30.5 Å². The Morgan fingerprint density at radius 3 is 2.54 bits per heavy atom. The van der Waals surface area contributed by atoms with Gasteiger partial charge >= 0.3 is 0 Å². The predicted octanol–water partition coefficient (Wildman–Crippen LogP) is 2.29. The third-order valence-corrected chi connectivity index (χ3v) is 4.44. The first-order valence-corrected chi connectivity index (χ1v) is 9.14. The van der Waals surface area contributed by atoms with Crippen LogP contribution in [0.3, 0.4) is 0 Å². The quantitative estimate of drug-likeness (QED) is 0.858. The number of carbonyl (C=O) groups excluding carboxylic acids is 1. The van der Waals surface area contributed by atoms with Gasteiger partial charge in [0.1, 0.15) is 17.3 Å². The smallest absolute Gasteiger partial charge is 0.274 e. The Kier molecular flexibility index (Phi) is 5.99. The number of hydrogen-bond acceptors (Lipinski definition) is 6. The van der Waals surface area contributed by atoms with Gasteiger partial charge in [-0.1, -0.05) is 19.9 Å². The molecule has 0 spiro atoms. The zero-order valence-corrected chi connectivity index (χ0v) is 15.4. The molecule has 0 saturated carbocycles. The molecule has 26 heavy (non-hydrogen) atoms. The molecule has 3 rings (SSSR count). The molecule has 1 N–H and O–H groups in total. The van der Waals surface area contributed by atoms with Crippen LogP contribution in [0, 0.1) is 5.92 Å². The minimum atomic E-state index is -0.0631. The molecule has 0 aromatic carbocycles. The fourth-order valence-corrected chi connectivity index (χ4v) is 2.86. The molecule has 0 radical (unpaired) electrons. The zero-order chi connectivity index (χ0) is 18.4. The Hall–Kier alpha value is -2.70. The van der Waals surface area contributed by atoms with E-state index >= 15 is 0 Å². The molecule has 2 aromatic heterocycles. The van der Waals surface area contributed by atoms with E-state index in [4.69, 9.17) is 0 Å². The van der Waals surface area contributed by atoms with E-state index in [1.54, 1.807) is 18.6 Å². The van der Waals surface area contributed by atoms with Gasteiger partial charge in [-0.25, -0.2) is 15.0 Å². The van der Waals surface area contributed by atoms with Crippen LogP contribution >= 0.6 is 0 Å². The monoisotopic (exact) mass is 354 g/mol. The Morgan fingerprint density at radius 1 is 1.12 bits per heavy atom. The van der Waals surface area contributed by atoms with Crippen LogP contribution < -0.4 is 10.2 Å². The topological polar surface area (TPSA) is 74.2 Å². The first-order valence-electron chi connectivity index (χ1n) is 9.14. The van der Waals surface area contributed by atoms with Crippen LogP contribution in [0.4, 0.5) is 11.6 Å². The van der Waals surface area contributed by atoms with Gasteiger partial charge in [0.2, 0.25) is 0 Å². The van der Waals surface area contributed by atoms with Crippen molar-refractivity contribution < 1.29 is 4.79 Å². The van der Waals surface area contributed by atoms with Gasteiger partial charge in [0.25, 0.3) is 5.91 Å². The fourth-order valence-electron chi connectivity index (χ4n) is 2.86. The summed E-state index contributed by atoms with van der Waals surface area (Å²) in [5.74, 6) is 2.24. The highest BCUT2D eigenvalue weighted by atomic mass is 16.2. The Labute approximate surface area is 154 Å². The van der Waals surface area contributed by atoms with Crippen LogP contribution in [0.15, 0.2) is 36.8 Å². The van der Waals surface area contributed by atoms with Crippen LogP contribution in [-0.2, 0) is 0 Å². The van der Waals surface area contributed by atoms with Crippen molar-refractivity contribution in [3.63, 3.8) is 0 Å². The van der Waals surface area contributed by atoms with Gasteiger partial charge in [0.15, 0.2) is 0 Å². The van der Waals surface area contributed by atoms with E-state index in [1.807, 2.05) is 23.1 Å². The molecule has 0 bridgehead atoms. The summed E-state index contributed by atoms with van der Waals surface area (Å²) in [6.45, 7) is 8.08. The second kappa shape index (κ2) is 8.60. The highest BCUT2D eigenvalue weighted by Crippen LogP contribution is 2.14. The molecule has 0 unspecified atom stereocenters. The lowest BCUT2D eigenvalue weighted by molar-refractivity contribution is 0.0740. The summed E-state index contributed by atoms with van der Waals surface area (Å²) in [6, 6.07) is 5.88. The average molecular weight is 354 g/mol. The van der Waals surface area contributed by atoms with Crippen molar-refractivity contribution in [1.82, 2.24) is 19.9 Å². The van der Waals surface area contributed by atoms with Gasteiger partial charge in [-0.2, -0.15) is 0 Å². The number of amides is 1. The van der Waals surface area contributed by atoms with Crippen molar-refractivity contribution in [2.24, 2.45) is 5.92 Å². The first kappa shape index (κ1) is 18.1. The highest BCUT2D eigenvalue weighted by molar-refractivity contribution is 5.92. The summed E-state index contributed by atoms with van der Waals surface area (Å²) in [5, 5.41) is 3.23. The molecule has 3 heterocycles. The van der Waals surface area contributed by atoms with Crippen molar-refractivity contribution >= 4 is 17.5 Å². The van der Waals surface area contributed by atoms with Gasteiger partial charge in [0, 0.05) is 38.9 Å². The number of carbonyl (C=O) groups is 1. The molecule has 7 heteroatoms. The van der Waals surface area contributed by atoms with Crippen LogP contribution in [-0.4, -0.2) is 58.5 Å². The second-order valence-electron chi connectivity index (χ2n) is 6.86. The molecule has 1 saturated heterocycles. The molecule has 0 atom stereocenters. The predicted molar refractivity (Wildman–Crippen MR) is 102 cm³/mol. The summed E-state index contributed by atoms with van der Waals surface area (Å²) in [4.78, 5) is 29.6. The van der Waals surface area contributed by atoms with Crippen LogP contribution in [0.1, 0.15) is 30.8 Å². The zero-order valence-electron chi connectivity index (χ0n) is 15.4. The van der Waals surface area contributed by atoms with E-state index in [0.717, 1.165) is 31.9 Å². The summed E-state index contributed by atoms with van der Waals surface area (Å²) >= 11 is 0. The van der Waals surface area contributed by atoms with E-state index < -0.39 is 0 Å². The maximum atomic E-state index is 12.6. The van der Waals surface area contributed by atoms with Gasteiger partial charge < -0.3 is 15.1 Å². The number of pyridine rings is 1. The van der Waals surface area contributed by atoms with Crippen molar-refractivity contribution in [2.75, 3.05) is 42.9 Å². The van der Waals surface area contributed by atoms with Crippen molar-refractivity contribution in [1.29, 1.82) is 0 Å².